The van der Waals surface area contributed by atoms with Crippen LogP contribution in [0.15, 0.2) is 64.3 Å². The Bertz CT molecular complexity index is 3050. The molecule has 0 bridgehead atoms. The normalized spacial score (nSPS) is 20.0. The van der Waals surface area contributed by atoms with Crippen LogP contribution in [0.5, 0.6) is 0 Å². The van der Waals surface area contributed by atoms with Gasteiger partial charge in [-0.05, 0) is 108 Å². The number of hydrogen-bond acceptors (Lipinski definition) is 8. The molecule has 4 aromatic rings. The molecule has 2 saturated carbocycles. The molecular weight excluding hydrogens is 805 g/mol. The topological polar surface area (TPSA) is 129 Å². The van der Waals surface area contributed by atoms with E-state index in [9.17, 15) is 48.2 Å². The summed E-state index contributed by atoms with van der Waals surface area (Å²) in [5, 5.41) is 39.7. The minimum Gasteiger partial charge on any atom is -0.289 e. The molecule has 12 heteroatoms. The highest BCUT2D eigenvalue weighted by atomic mass is 32.1. The van der Waals surface area contributed by atoms with Gasteiger partial charge in [0.15, 0.2) is 34.8 Å². The van der Waals surface area contributed by atoms with E-state index in [0.717, 1.165) is 114 Å². The number of halogens is 4. The van der Waals surface area contributed by atoms with Crippen molar-refractivity contribution in [3.8, 4) is 34.0 Å². The van der Waals surface area contributed by atoms with E-state index in [0.29, 0.717) is 4.88 Å². The smallest absolute Gasteiger partial charge is 0.194 e. The van der Waals surface area contributed by atoms with Gasteiger partial charge in [-0.3, -0.25) is 9.59 Å². The molecule has 0 atom stereocenters. The van der Waals surface area contributed by atoms with Crippen LogP contribution in [0.1, 0.15) is 122 Å². The van der Waals surface area contributed by atoms with E-state index >= 15 is 0 Å². The summed E-state index contributed by atoms with van der Waals surface area (Å²) in [5.41, 5.74) is 2.82. The average molecular weight is 833 g/mol. The maximum absolute atomic E-state index is 14.6. The molecule has 6 aliphatic carbocycles. The zero-order chi connectivity index (χ0) is 41.8. The van der Waals surface area contributed by atoms with Gasteiger partial charge in [0.2, 0.25) is 0 Å². The van der Waals surface area contributed by atoms with Crippen molar-refractivity contribution >= 4 is 57.5 Å². The van der Waals surface area contributed by atoms with Crippen LogP contribution in [-0.4, -0.2) is 11.6 Å². The van der Waals surface area contributed by atoms with Crippen molar-refractivity contribution < 1.29 is 27.2 Å². The Morgan fingerprint density at radius 2 is 1.03 bits per heavy atom. The van der Waals surface area contributed by atoms with E-state index < -0.39 is 40.3 Å². The van der Waals surface area contributed by atoms with Gasteiger partial charge in [-0.2, -0.15) is 21.0 Å². The van der Waals surface area contributed by atoms with Crippen LogP contribution in [0.3, 0.4) is 0 Å². The summed E-state index contributed by atoms with van der Waals surface area (Å²) in [6.45, 7) is 0. The van der Waals surface area contributed by atoms with E-state index in [1.165, 1.54) is 22.5 Å². The lowest BCUT2D eigenvalue weighted by Gasteiger charge is -2.42. The molecule has 0 saturated heterocycles. The Balaban J connectivity index is 1.15. The third-order valence-electron chi connectivity index (χ3n) is 13.3. The van der Waals surface area contributed by atoms with E-state index in [1.54, 1.807) is 23.5 Å². The van der Waals surface area contributed by atoms with Crippen LogP contribution in [-0.2, 0) is 10.8 Å². The molecule has 292 valence electrons. The predicted octanol–water partition coefficient (Wildman–Crippen LogP) is 11.9. The molecular formula is C48H28F4N4O2S2. The number of benzene rings is 2. The molecule has 0 unspecified atom stereocenters. The van der Waals surface area contributed by atoms with Gasteiger partial charge in [0.25, 0.3) is 0 Å². The van der Waals surface area contributed by atoms with Crippen molar-refractivity contribution in [2.45, 2.75) is 75.0 Å². The van der Waals surface area contributed by atoms with Crippen molar-refractivity contribution in [1.82, 2.24) is 0 Å². The van der Waals surface area contributed by atoms with Crippen LogP contribution in [0.4, 0.5) is 17.6 Å². The zero-order valence-corrected chi connectivity index (χ0v) is 33.3. The van der Waals surface area contributed by atoms with Crippen molar-refractivity contribution in [2.75, 3.05) is 0 Å². The van der Waals surface area contributed by atoms with Gasteiger partial charge in [-0.25, -0.2) is 17.6 Å². The molecule has 2 fully saturated rings. The fourth-order valence-electron chi connectivity index (χ4n) is 10.8. The molecule has 0 aliphatic heterocycles. The van der Waals surface area contributed by atoms with E-state index in [4.69, 9.17) is 0 Å². The Morgan fingerprint density at radius 1 is 0.567 bits per heavy atom. The predicted molar refractivity (Wildman–Crippen MR) is 218 cm³/mol. The Hall–Kier alpha value is -6.44. The summed E-state index contributed by atoms with van der Waals surface area (Å²) in [7, 11) is 0. The maximum atomic E-state index is 14.6. The molecule has 6 aliphatic rings. The Morgan fingerprint density at radius 3 is 1.53 bits per heavy atom. The molecule has 0 amide bonds. The lowest BCUT2D eigenvalue weighted by atomic mass is 9.61. The van der Waals surface area contributed by atoms with Crippen molar-refractivity contribution in [2.24, 2.45) is 0 Å². The fraction of sp³-hybridized carbons (Fsp3) is 0.250. The number of carbonyl (C=O) groups excluding carboxylic acids is 2. The van der Waals surface area contributed by atoms with E-state index in [-0.39, 0.29) is 61.1 Å². The van der Waals surface area contributed by atoms with Crippen molar-refractivity contribution in [1.29, 1.82) is 21.0 Å². The quantitative estimate of drug-likeness (QED) is 0.112. The number of nitrogens with zero attached hydrogens (tertiary/aromatic N) is 4. The molecule has 2 heterocycles. The minimum absolute atomic E-state index is 0.00463. The first-order valence-corrected chi connectivity index (χ1v) is 21.3. The summed E-state index contributed by atoms with van der Waals surface area (Å²) in [4.78, 5) is 31.8. The molecule has 0 radical (unpaired) electrons. The molecule has 2 aromatic carbocycles. The fourth-order valence-corrected chi connectivity index (χ4v) is 13.6. The molecule has 2 aromatic heterocycles. The monoisotopic (exact) mass is 832 g/mol. The summed E-state index contributed by atoms with van der Waals surface area (Å²) < 4.78 is 58.0. The molecule has 2 spiro atoms. The van der Waals surface area contributed by atoms with Gasteiger partial charge < -0.3 is 0 Å². The second-order valence-corrected chi connectivity index (χ2v) is 18.3. The summed E-state index contributed by atoms with van der Waals surface area (Å²) in [6, 6.07) is 12.9. The SMILES string of the molecule is N#CC(C#N)=C1/C(=C/C2=Cc3sc4c(c3C23CCCCC3)C2(CCCCC2)c2cc(/C=C3\C(=O)c5cc(F)c(F)cc5C3=C(C#N)C#N)sc2-4)C(=O)c2cc(F)c(F)cc21. The second kappa shape index (κ2) is 13.5. The number of hydrogen-bond donors (Lipinski definition) is 0. The third kappa shape index (κ3) is 5.05. The second-order valence-electron chi connectivity index (χ2n) is 16.2. The molecule has 60 heavy (non-hydrogen) atoms. The van der Waals surface area contributed by atoms with Crippen LogP contribution in [0, 0.1) is 68.6 Å². The first kappa shape index (κ1) is 37.8. The maximum Gasteiger partial charge on any atom is 0.194 e. The highest BCUT2D eigenvalue weighted by Crippen LogP contribution is 2.68. The third-order valence-corrected chi connectivity index (χ3v) is 15.7. The summed E-state index contributed by atoms with van der Waals surface area (Å²) >= 11 is 3.16. The highest BCUT2D eigenvalue weighted by molar-refractivity contribution is 7.23. The Kier molecular flexibility index (Phi) is 8.54. The van der Waals surface area contributed by atoms with Gasteiger partial charge in [-0.1, -0.05) is 38.5 Å². The van der Waals surface area contributed by atoms with Crippen LogP contribution in [0.2, 0.25) is 0 Å². The number of allylic oxidation sites excluding steroid dienone is 8. The van der Waals surface area contributed by atoms with Gasteiger partial charge >= 0.3 is 0 Å². The lowest BCUT2D eigenvalue weighted by Crippen LogP contribution is -2.35. The Labute approximate surface area is 349 Å². The van der Waals surface area contributed by atoms with Gasteiger partial charge in [0.05, 0.1) is 0 Å². The molecule has 10 rings (SSSR count). The van der Waals surface area contributed by atoms with Gasteiger partial charge in [0, 0.05) is 63.8 Å². The zero-order valence-electron chi connectivity index (χ0n) is 31.6. The van der Waals surface area contributed by atoms with Crippen LogP contribution in [0.25, 0.3) is 33.1 Å². The summed E-state index contributed by atoms with van der Waals surface area (Å²) in [6.07, 6.45) is 14.8. The van der Waals surface area contributed by atoms with Crippen LogP contribution >= 0.6 is 22.7 Å². The average Bonchev–Trinajstić information content (AvgIpc) is 4.06. The van der Waals surface area contributed by atoms with Gasteiger partial charge in [0.1, 0.15) is 35.4 Å². The lowest BCUT2D eigenvalue weighted by molar-refractivity contribution is 0.103. The number of nitriles is 4. The minimum atomic E-state index is -1.20. The number of carbonyl (C=O) groups is 2. The molecule has 6 nitrogen and oxygen atoms in total. The molecule has 0 N–H and O–H groups in total. The standard InChI is InChI=1S/C48H28F4N4O2S2/c49-34-15-27-29(17-36(34)51)43(57)31(39(27)23(19-53)20-54)11-25-12-38-41(47(25)7-3-1-4-8-47)42-46(60-38)45-33(48(42)9-5-2-6-10-48)14-26(59-45)13-32-40(24(21-55)22-56)28-16-35(50)37(52)18-30(28)44(32)58/h11-18H,1-10H2/b31-11-,32-13-. The first-order chi connectivity index (χ1) is 29.0. The number of rotatable bonds is 2. The van der Waals surface area contributed by atoms with E-state index in [2.05, 4.69) is 12.1 Å². The number of Topliss-reactive ketones (excluding diaryl/α,β-unsaturated/α-hetero) is 2. The van der Waals surface area contributed by atoms with E-state index in [1.807, 2.05) is 24.3 Å². The largest absolute Gasteiger partial charge is 0.289 e. The van der Waals surface area contributed by atoms with Gasteiger partial charge in [-0.15, -0.1) is 22.7 Å². The number of ketones is 2. The number of thiophene rings is 2. The number of fused-ring (bicyclic) bond motifs is 10. The van der Waals surface area contributed by atoms with Crippen molar-refractivity contribution in [3.63, 3.8) is 0 Å². The summed E-state index contributed by atoms with van der Waals surface area (Å²) in [5.74, 6) is -5.94. The highest BCUT2D eigenvalue weighted by Gasteiger charge is 2.54. The van der Waals surface area contributed by atoms with Crippen LogP contribution < -0.4 is 0 Å². The first-order valence-electron chi connectivity index (χ1n) is 19.7. The van der Waals surface area contributed by atoms with Crippen molar-refractivity contribution in [3.05, 3.63) is 136 Å².